The van der Waals surface area contributed by atoms with E-state index in [9.17, 15) is 0 Å². The van der Waals surface area contributed by atoms with Gasteiger partial charge in [0.15, 0.2) is 0 Å². The summed E-state index contributed by atoms with van der Waals surface area (Å²) in [6, 6.07) is 0.481. The molecule has 0 rings (SSSR count). The highest BCUT2D eigenvalue weighted by atomic mass is 16.5. The molecule has 14 heavy (non-hydrogen) atoms. The lowest BCUT2D eigenvalue weighted by atomic mass is 9.93. The molecule has 0 aromatic rings. The first-order chi connectivity index (χ1) is 6.40. The van der Waals surface area contributed by atoms with Gasteiger partial charge in [0.2, 0.25) is 0 Å². The Morgan fingerprint density at radius 3 is 2.21 bits per heavy atom. The van der Waals surface area contributed by atoms with E-state index < -0.39 is 0 Å². The first kappa shape index (κ1) is 13.9. The average molecular weight is 201 g/mol. The van der Waals surface area contributed by atoms with Crippen molar-refractivity contribution in [2.24, 2.45) is 5.41 Å². The molecule has 1 N–H and O–H groups in total. The maximum absolute atomic E-state index is 5.80. The van der Waals surface area contributed by atoms with Gasteiger partial charge in [-0.25, -0.2) is 0 Å². The Bertz CT molecular complexity index is 136. The fraction of sp³-hybridized carbons (Fsp3) is 1.00. The van der Waals surface area contributed by atoms with Crippen molar-refractivity contribution in [3.05, 3.63) is 0 Å². The second kappa shape index (κ2) is 6.41. The van der Waals surface area contributed by atoms with E-state index in [4.69, 9.17) is 4.74 Å². The van der Waals surface area contributed by atoms with Crippen molar-refractivity contribution in [3.63, 3.8) is 0 Å². The molecule has 2 unspecified atom stereocenters. The molecule has 86 valence electrons. The van der Waals surface area contributed by atoms with Crippen LogP contribution in [0.4, 0.5) is 0 Å². The summed E-state index contributed by atoms with van der Waals surface area (Å²) in [4.78, 5) is 0. The summed E-state index contributed by atoms with van der Waals surface area (Å²) in [7, 11) is 2.00. The van der Waals surface area contributed by atoms with Crippen LogP contribution in [0.5, 0.6) is 0 Å². The summed E-state index contributed by atoms with van der Waals surface area (Å²) in [6.45, 7) is 11.9. The van der Waals surface area contributed by atoms with Gasteiger partial charge in [0.25, 0.3) is 0 Å². The van der Waals surface area contributed by atoms with E-state index in [-0.39, 0.29) is 0 Å². The normalized spacial score (nSPS) is 16.7. The molecule has 2 atom stereocenters. The van der Waals surface area contributed by atoms with Gasteiger partial charge >= 0.3 is 0 Å². The summed E-state index contributed by atoms with van der Waals surface area (Å²) >= 11 is 0. The molecule has 0 aliphatic rings. The average Bonchev–Trinajstić information content (AvgIpc) is 2.04. The summed E-state index contributed by atoms with van der Waals surface area (Å²) < 4.78 is 5.80. The Hall–Kier alpha value is -0.0800. The minimum absolute atomic E-state index is 0.312. The van der Waals surface area contributed by atoms with Gasteiger partial charge in [-0.3, -0.25) is 0 Å². The molecule has 0 aromatic carbocycles. The van der Waals surface area contributed by atoms with Crippen LogP contribution in [0.25, 0.3) is 0 Å². The minimum Gasteiger partial charge on any atom is -0.377 e. The smallest absolute Gasteiger partial charge is 0.0699 e. The molecule has 2 nitrogen and oxygen atoms in total. The molecule has 0 saturated carbocycles. The molecule has 0 spiro atoms. The Morgan fingerprint density at radius 1 is 1.29 bits per heavy atom. The number of nitrogens with one attached hydrogen (secondary N) is 1. The lowest BCUT2D eigenvalue weighted by Crippen LogP contribution is -2.37. The quantitative estimate of drug-likeness (QED) is 0.713. The van der Waals surface area contributed by atoms with Gasteiger partial charge in [0.1, 0.15) is 0 Å². The zero-order valence-electron chi connectivity index (χ0n) is 10.7. The van der Waals surface area contributed by atoms with Crippen LogP contribution in [0.2, 0.25) is 0 Å². The topological polar surface area (TPSA) is 21.3 Å². The highest BCUT2D eigenvalue weighted by Crippen LogP contribution is 2.18. The highest BCUT2D eigenvalue weighted by Gasteiger charge is 2.15. The van der Waals surface area contributed by atoms with E-state index in [2.05, 4.69) is 39.9 Å². The third-order valence-electron chi connectivity index (χ3n) is 2.61. The van der Waals surface area contributed by atoms with Crippen LogP contribution >= 0.6 is 0 Å². The fourth-order valence-electron chi connectivity index (χ4n) is 1.44. The first-order valence-corrected chi connectivity index (χ1v) is 5.69. The lowest BCUT2D eigenvalue weighted by Gasteiger charge is -2.25. The van der Waals surface area contributed by atoms with Gasteiger partial charge in [-0.1, -0.05) is 27.7 Å². The van der Waals surface area contributed by atoms with Gasteiger partial charge in [0, 0.05) is 12.6 Å². The zero-order valence-corrected chi connectivity index (χ0v) is 10.7. The monoisotopic (exact) mass is 201 g/mol. The molecular formula is C12H27NO. The van der Waals surface area contributed by atoms with Gasteiger partial charge in [-0.15, -0.1) is 0 Å². The molecule has 0 aliphatic heterocycles. The molecular weight excluding hydrogens is 174 g/mol. The van der Waals surface area contributed by atoms with Crippen LogP contribution in [0, 0.1) is 5.41 Å². The molecule has 0 radical (unpaired) electrons. The molecule has 2 heteroatoms. The number of ether oxygens (including phenoxy) is 1. The van der Waals surface area contributed by atoms with Crippen molar-refractivity contribution in [1.82, 2.24) is 5.32 Å². The van der Waals surface area contributed by atoms with E-state index in [1.807, 2.05) is 7.05 Å². The second-order valence-electron chi connectivity index (χ2n) is 5.19. The van der Waals surface area contributed by atoms with Crippen LogP contribution in [-0.4, -0.2) is 25.8 Å². The van der Waals surface area contributed by atoms with Gasteiger partial charge in [0.05, 0.1) is 6.10 Å². The molecule has 0 aliphatic carbocycles. The van der Waals surface area contributed by atoms with Gasteiger partial charge < -0.3 is 10.1 Å². The van der Waals surface area contributed by atoms with Crippen LogP contribution in [0.3, 0.4) is 0 Å². The largest absolute Gasteiger partial charge is 0.377 e. The Balaban J connectivity index is 3.67. The van der Waals surface area contributed by atoms with Crippen LogP contribution in [0.15, 0.2) is 0 Å². The standard InChI is InChI=1S/C12H27NO/c1-7-11(13-6)10(2)14-9-8-12(3,4)5/h10-11,13H,7-9H2,1-6H3. The van der Waals surface area contributed by atoms with Crippen molar-refractivity contribution < 1.29 is 4.74 Å². The number of rotatable bonds is 6. The molecule has 0 aromatic heterocycles. The molecule has 0 saturated heterocycles. The van der Waals surface area contributed by atoms with Crippen molar-refractivity contribution in [1.29, 1.82) is 0 Å². The maximum Gasteiger partial charge on any atom is 0.0699 e. The minimum atomic E-state index is 0.312. The van der Waals surface area contributed by atoms with Gasteiger partial charge in [-0.05, 0) is 32.2 Å². The van der Waals surface area contributed by atoms with Crippen LogP contribution < -0.4 is 5.32 Å². The van der Waals surface area contributed by atoms with E-state index >= 15 is 0 Å². The van der Waals surface area contributed by atoms with E-state index in [1.54, 1.807) is 0 Å². The number of hydrogen-bond donors (Lipinski definition) is 1. The Kier molecular flexibility index (Phi) is 6.38. The molecule has 0 amide bonds. The van der Waals surface area contributed by atoms with E-state index in [0.29, 0.717) is 17.6 Å². The molecule has 0 bridgehead atoms. The van der Waals surface area contributed by atoms with Crippen molar-refractivity contribution in [2.75, 3.05) is 13.7 Å². The summed E-state index contributed by atoms with van der Waals surface area (Å²) in [5, 5.41) is 3.27. The Morgan fingerprint density at radius 2 is 1.86 bits per heavy atom. The van der Waals surface area contributed by atoms with Crippen molar-refractivity contribution >= 4 is 0 Å². The third-order valence-corrected chi connectivity index (χ3v) is 2.61. The van der Waals surface area contributed by atoms with Crippen molar-refractivity contribution in [3.8, 4) is 0 Å². The molecule has 0 fully saturated rings. The predicted octanol–water partition coefficient (Wildman–Crippen LogP) is 2.83. The van der Waals surface area contributed by atoms with Gasteiger partial charge in [-0.2, -0.15) is 0 Å². The number of hydrogen-bond acceptors (Lipinski definition) is 2. The SMILES string of the molecule is CCC(NC)C(C)OCCC(C)(C)C. The maximum atomic E-state index is 5.80. The fourth-order valence-corrected chi connectivity index (χ4v) is 1.44. The van der Waals surface area contributed by atoms with Crippen LogP contribution in [0.1, 0.15) is 47.5 Å². The lowest BCUT2D eigenvalue weighted by molar-refractivity contribution is 0.0262. The number of likely N-dealkylation sites (N-methyl/N-ethyl adjacent to an activating group) is 1. The van der Waals surface area contributed by atoms with Crippen molar-refractivity contribution in [2.45, 2.75) is 59.6 Å². The Labute approximate surface area is 89.4 Å². The van der Waals surface area contributed by atoms with E-state index in [1.165, 1.54) is 0 Å². The second-order valence-corrected chi connectivity index (χ2v) is 5.19. The summed E-state index contributed by atoms with van der Waals surface area (Å²) in [5.74, 6) is 0. The summed E-state index contributed by atoms with van der Waals surface area (Å²) in [5.41, 5.74) is 0.376. The summed E-state index contributed by atoms with van der Waals surface area (Å²) in [6.07, 6.45) is 2.55. The third kappa shape index (κ3) is 6.39. The van der Waals surface area contributed by atoms with Crippen LogP contribution in [-0.2, 0) is 4.74 Å². The predicted molar refractivity (Wildman–Crippen MR) is 62.6 cm³/mol. The first-order valence-electron chi connectivity index (χ1n) is 5.69. The molecule has 0 heterocycles. The zero-order chi connectivity index (χ0) is 11.2. The van der Waals surface area contributed by atoms with E-state index in [0.717, 1.165) is 19.4 Å². The highest BCUT2D eigenvalue weighted by molar-refractivity contribution is 4.70.